The molecule has 122 valence electrons. The molecule has 2 unspecified atom stereocenters. The molecule has 7 heteroatoms. The molecule has 3 rings (SSSR count). The third kappa shape index (κ3) is 3.60. The molecule has 2 heterocycles. The lowest BCUT2D eigenvalue weighted by Gasteiger charge is -2.37. The zero-order valence-electron chi connectivity index (χ0n) is 13.2. The van der Waals surface area contributed by atoms with Gasteiger partial charge in [0.2, 0.25) is 11.8 Å². The summed E-state index contributed by atoms with van der Waals surface area (Å²) in [5.41, 5.74) is 0. The van der Waals surface area contributed by atoms with Gasteiger partial charge in [-0.3, -0.25) is 9.69 Å². The first kappa shape index (κ1) is 15.7. The van der Waals surface area contributed by atoms with Crippen molar-refractivity contribution in [3.63, 3.8) is 0 Å². The maximum Gasteiger partial charge on any atom is 0.240 e. The van der Waals surface area contributed by atoms with Crippen molar-refractivity contribution in [3.8, 4) is 0 Å². The van der Waals surface area contributed by atoms with Crippen LogP contribution in [0.4, 0.5) is 0 Å². The van der Waals surface area contributed by atoms with E-state index in [-0.39, 0.29) is 11.9 Å². The van der Waals surface area contributed by atoms with Crippen LogP contribution in [-0.2, 0) is 11.3 Å². The van der Waals surface area contributed by atoms with E-state index in [1.54, 1.807) is 11.8 Å². The van der Waals surface area contributed by atoms with Crippen LogP contribution in [-0.4, -0.2) is 57.4 Å². The summed E-state index contributed by atoms with van der Waals surface area (Å²) in [7, 11) is 1.84. The normalized spacial score (nSPS) is 24.2. The molecule has 1 amide bonds. The van der Waals surface area contributed by atoms with Crippen LogP contribution in [0.25, 0.3) is 0 Å². The van der Waals surface area contributed by atoms with E-state index in [9.17, 15) is 4.79 Å². The highest BCUT2D eigenvalue weighted by Crippen LogP contribution is 2.38. The lowest BCUT2D eigenvalue weighted by Crippen LogP contribution is -2.49. The fraction of sp³-hybridized carbons (Fsp3) is 0.800. The van der Waals surface area contributed by atoms with Crippen LogP contribution in [0.3, 0.4) is 0 Å². The number of nitrogens with zero attached hydrogens (tertiary/aromatic N) is 4. The van der Waals surface area contributed by atoms with Crippen LogP contribution in [0.15, 0.2) is 4.52 Å². The van der Waals surface area contributed by atoms with Gasteiger partial charge in [0, 0.05) is 25.6 Å². The number of amides is 1. The van der Waals surface area contributed by atoms with Crippen LogP contribution in [0.2, 0.25) is 0 Å². The standard InChI is InChI=1S/C15H23ClN4O2/c1-10(16)15(21)19(2)12-4-3-7-20(8-12)9-13-17-14(22-18-13)11-5-6-11/h10-12H,3-9H2,1-2H3. The number of hydrogen-bond donors (Lipinski definition) is 0. The summed E-state index contributed by atoms with van der Waals surface area (Å²) >= 11 is 5.91. The molecule has 1 aromatic heterocycles. The average Bonchev–Trinajstić information content (AvgIpc) is 3.26. The van der Waals surface area contributed by atoms with Gasteiger partial charge in [-0.1, -0.05) is 5.16 Å². The first-order chi connectivity index (χ1) is 10.5. The number of likely N-dealkylation sites (N-methyl/N-ethyl adjacent to an activating group) is 1. The Balaban J connectivity index is 1.56. The van der Waals surface area contributed by atoms with Gasteiger partial charge in [-0.15, -0.1) is 11.6 Å². The van der Waals surface area contributed by atoms with Crippen LogP contribution in [0.5, 0.6) is 0 Å². The summed E-state index contributed by atoms with van der Waals surface area (Å²) in [6.45, 7) is 4.24. The van der Waals surface area contributed by atoms with E-state index >= 15 is 0 Å². The summed E-state index contributed by atoms with van der Waals surface area (Å²) in [4.78, 5) is 20.6. The average molecular weight is 327 g/mol. The Labute approximate surface area is 135 Å². The summed E-state index contributed by atoms with van der Waals surface area (Å²) in [5.74, 6) is 2.02. The number of piperidine rings is 1. The van der Waals surface area contributed by atoms with E-state index < -0.39 is 5.38 Å². The van der Waals surface area contributed by atoms with Gasteiger partial charge in [0.1, 0.15) is 5.38 Å². The van der Waals surface area contributed by atoms with Crippen LogP contribution >= 0.6 is 11.6 Å². The van der Waals surface area contributed by atoms with Gasteiger partial charge < -0.3 is 9.42 Å². The zero-order chi connectivity index (χ0) is 15.7. The van der Waals surface area contributed by atoms with E-state index in [4.69, 9.17) is 16.1 Å². The molecule has 1 aliphatic heterocycles. The fourth-order valence-corrected chi connectivity index (χ4v) is 3.13. The van der Waals surface area contributed by atoms with Gasteiger partial charge in [0.25, 0.3) is 0 Å². The highest BCUT2D eigenvalue weighted by atomic mass is 35.5. The van der Waals surface area contributed by atoms with Crippen molar-refractivity contribution in [1.29, 1.82) is 0 Å². The molecule has 0 spiro atoms. The predicted molar refractivity (Wildman–Crippen MR) is 82.7 cm³/mol. The Hall–Kier alpha value is -1.14. The highest BCUT2D eigenvalue weighted by Gasteiger charge is 2.31. The molecule has 1 aliphatic carbocycles. The summed E-state index contributed by atoms with van der Waals surface area (Å²) in [5, 5.41) is 3.60. The Bertz CT molecular complexity index is 529. The van der Waals surface area contributed by atoms with Gasteiger partial charge in [-0.05, 0) is 39.2 Å². The molecule has 2 fully saturated rings. The van der Waals surface area contributed by atoms with E-state index in [2.05, 4.69) is 15.0 Å². The molecule has 22 heavy (non-hydrogen) atoms. The molecule has 1 saturated carbocycles. The largest absolute Gasteiger partial charge is 0.340 e. The van der Waals surface area contributed by atoms with Gasteiger partial charge >= 0.3 is 0 Å². The number of carbonyl (C=O) groups is 1. The van der Waals surface area contributed by atoms with Crippen molar-refractivity contribution in [2.75, 3.05) is 20.1 Å². The molecule has 0 radical (unpaired) electrons. The van der Waals surface area contributed by atoms with Crippen molar-refractivity contribution >= 4 is 17.5 Å². The number of aromatic nitrogens is 2. The maximum atomic E-state index is 12.0. The van der Waals surface area contributed by atoms with E-state index in [0.29, 0.717) is 12.5 Å². The van der Waals surface area contributed by atoms with Gasteiger partial charge in [0.05, 0.1) is 6.54 Å². The Morgan fingerprint density at radius 2 is 2.27 bits per heavy atom. The van der Waals surface area contributed by atoms with Gasteiger partial charge in [-0.25, -0.2) is 0 Å². The number of hydrogen-bond acceptors (Lipinski definition) is 5. The second-order valence-electron chi connectivity index (χ2n) is 6.42. The van der Waals surface area contributed by atoms with E-state index in [1.165, 1.54) is 0 Å². The second-order valence-corrected chi connectivity index (χ2v) is 7.07. The lowest BCUT2D eigenvalue weighted by molar-refractivity contribution is -0.132. The van der Waals surface area contributed by atoms with Gasteiger partial charge in [0.15, 0.2) is 5.82 Å². The Morgan fingerprint density at radius 1 is 1.50 bits per heavy atom. The fourth-order valence-electron chi connectivity index (χ4n) is 2.98. The van der Waals surface area contributed by atoms with Crippen molar-refractivity contribution in [2.45, 2.75) is 56.5 Å². The first-order valence-electron chi connectivity index (χ1n) is 8.00. The molecule has 1 saturated heterocycles. The summed E-state index contributed by atoms with van der Waals surface area (Å²) in [6, 6.07) is 0.206. The third-order valence-corrected chi connectivity index (χ3v) is 4.68. The van der Waals surface area contributed by atoms with Crippen LogP contribution in [0, 0.1) is 0 Å². The monoisotopic (exact) mass is 326 g/mol. The molecule has 0 aromatic carbocycles. The number of rotatable bonds is 5. The third-order valence-electron chi connectivity index (χ3n) is 4.49. The highest BCUT2D eigenvalue weighted by molar-refractivity contribution is 6.30. The molecule has 6 nitrogen and oxygen atoms in total. The minimum atomic E-state index is -0.473. The smallest absolute Gasteiger partial charge is 0.240 e. The second kappa shape index (κ2) is 6.54. The van der Waals surface area contributed by atoms with Crippen molar-refractivity contribution in [2.24, 2.45) is 0 Å². The Kier molecular flexibility index (Phi) is 4.68. The summed E-state index contributed by atoms with van der Waals surface area (Å²) < 4.78 is 5.30. The molecule has 2 aliphatic rings. The molecule has 1 aromatic rings. The molecule has 0 bridgehead atoms. The quantitative estimate of drug-likeness (QED) is 0.774. The van der Waals surface area contributed by atoms with E-state index in [1.807, 2.05) is 7.05 Å². The van der Waals surface area contributed by atoms with Crippen LogP contribution in [0.1, 0.15) is 50.2 Å². The molecule has 2 atom stereocenters. The van der Waals surface area contributed by atoms with Crippen molar-refractivity contribution in [3.05, 3.63) is 11.7 Å². The van der Waals surface area contributed by atoms with Gasteiger partial charge in [-0.2, -0.15) is 4.98 Å². The number of alkyl halides is 1. The van der Waals surface area contributed by atoms with Crippen molar-refractivity contribution in [1.82, 2.24) is 19.9 Å². The van der Waals surface area contributed by atoms with Crippen LogP contribution < -0.4 is 0 Å². The minimum absolute atomic E-state index is 0.0101. The minimum Gasteiger partial charge on any atom is -0.340 e. The first-order valence-corrected chi connectivity index (χ1v) is 8.44. The van der Waals surface area contributed by atoms with Crippen molar-refractivity contribution < 1.29 is 9.32 Å². The lowest BCUT2D eigenvalue weighted by atomic mass is 10.0. The number of likely N-dealkylation sites (tertiary alicyclic amines) is 1. The molecular formula is C15H23ClN4O2. The number of carbonyl (C=O) groups excluding carboxylic acids is 1. The number of halogens is 1. The molecule has 0 N–H and O–H groups in total. The molecular weight excluding hydrogens is 304 g/mol. The SMILES string of the molecule is CC(Cl)C(=O)N(C)C1CCCN(Cc2noc(C3CC3)n2)C1. The predicted octanol–water partition coefficient (Wildman–Crippen LogP) is 2.00. The maximum absolute atomic E-state index is 12.0. The topological polar surface area (TPSA) is 62.5 Å². The zero-order valence-corrected chi connectivity index (χ0v) is 13.9. The summed E-state index contributed by atoms with van der Waals surface area (Å²) in [6.07, 6.45) is 4.40. The van der Waals surface area contributed by atoms with E-state index in [0.717, 1.165) is 50.5 Å². The Morgan fingerprint density at radius 3 is 2.95 bits per heavy atom.